The second-order valence-corrected chi connectivity index (χ2v) is 12.4. The fourth-order valence-electron chi connectivity index (χ4n) is 6.54. The number of rotatable bonds is 7. The Morgan fingerprint density at radius 3 is 2.57 bits per heavy atom. The van der Waals surface area contributed by atoms with Crippen molar-refractivity contribution >= 4 is 11.6 Å². The minimum Gasteiger partial charge on any atom is -0.379 e. The second-order valence-electron chi connectivity index (χ2n) is 12.4. The molecular formula is C31H37F3N6O2. The summed E-state index contributed by atoms with van der Waals surface area (Å²) in [5.41, 5.74) is 1.15. The van der Waals surface area contributed by atoms with E-state index in [4.69, 9.17) is 4.74 Å². The number of aryl methyl sites for hydroxylation is 1. The van der Waals surface area contributed by atoms with E-state index in [1.165, 1.54) is 17.3 Å². The lowest BCUT2D eigenvalue weighted by atomic mass is 9.78. The van der Waals surface area contributed by atoms with Crippen molar-refractivity contribution in [2.75, 3.05) is 44.8 Å². The summed E-state index contributed by atoms with van der Waals surface area (Å²) in [5, 5.41) is 4.32. The highest BCUT2D eigenvalue weighted by molar-refractivity contribution is 6.10. The first-order valence-corrected chi connectivity index (χ1v) is 14.5. The molecule has 0 spiro atoms. The Kier molecular flexibility index (Phi) is 7.39. The zero-order valence-electron chi connectivity index (χ0n) is 24.5. The SMILES string of the molecule is Cc1ncnn1CC1(c2cccc(N3Cc4c(cc(CN5CCN(C)C[C@@H]5C(C)C)cc4C(F)(F)F)C3=O)c2)COC1. The van der Waals surface area contributed by atoms with Crippen LogP contribution in [0.1, 0.15) is 52.3 Å². The summed E-state index contributed by atoms with van der Waals surface area (Å²) in [7, 11) is 2.07. The van der Waals surface area contributed by atoms with Crippen LogP contribution in [0.5, 0.6) is 0 Å². The van der Waals surface area contributed by atoms with Crippen LogP contribution in [0.25, 0.3) is 0 Å². The van der Waals surface area contributed by atoms with Crippen LogP contribution < -0.4 is 4.90 Å². The molecule has 6 rings (SSSR count). The van der Waals surface area contributed by atoms with Crippen LogP contribution in [0.15, 0.2) is 42.7 Å². The number of alkyl halides is 3. The van der Waals surface area contributed by atoms with Crippen LogP contribution in [0.3, 0.4) is 0 Å². The van der Waals surface area contributed by atoms with Crippen molar-refractivity contribution in [3.8, 4) is 0 Å². The molecule has 0 unspecified atom stereocenters. The molecule has 0 N–H and O–H groups in total. The van der Waals surface area contributed by atoms with Crippen LogP contribution in [0, 0.1) is 12.8 Å². The van der Waals surface area contributed by atoms with Gasteiger partial charge in [-0.15, -0.1) is 0 Å². The number of fused-ring (bicyclic) bond motifs is 1. The highest BCUT2D eigenvalue weighted by Crippen LogP contribution is 2.41. The number of nitrogens with zero attached hydrogens (tertiary/aromatic N) is 6. The number of piperazine rings is 1. The number of carbonyl (C=O) groups excluding carboxylic acids is 1. The summed E-state index contributed by atoms with van der Waals surface area (Å²) in [5.74, 6) is 0.736. The van der Waals surface area contributed by atoms with E-state index in [0.717, 1.165) is 31.0 Å². The molecule has 0 aliphatic carbocycles. The van der Waals surface area contributed by atoms with Gasteiger partial charge in [-0.3, -0.25) is 9.69 Å². The summed E-state index contributed by atoms with van der Waals surface area (Å²) in [6, 6.07) is 10.7. The van der Waals surface area contributed by atoms with Gasteiger partial charge in [-0.05, 0) is 60.8 Å². The number of ether oxygens (including phenoxy) is 1. The minimum atomic E-state index is -4.57. The van der Waals surface area contributed by atoms with Gasteiger partial charge in [-0.1, -0.05) is 26.0 Å². The smallest absolute Gasteiger partial charge is 0.379 e. The fraction of sp³-hybridized carbons (Fsp3) is 0.516. The van der Waals surface area contributed by atoms with Gasteiger partial charge in [-0.2, -0.15) is 18.3 Å². The number of halogens is 3. The zero-order valence-corrected chi connectivity index (χ0v) is 24.5. The molecule has 3 aromatic rings. The van der Waals surface area contributed by atoms with Crippen molar-refractivity contribution in [1.29, 1.82) is 0 Å². The zero-order chi connectivity index (χ0) is 29.8. The number of carbonyl (C=O) groups is 1. The van der Waals surface area contributed by atoms with Crippen molar-refractivity contribution in [1.82, 2.24) is 24.6 Å². The third-order valence-corrected chi connectivity index (χ3v) is 9.09. The van der Waals surface area contributed by atoms with E-state index in [2.05, 4.69) is 40.8 Å². The normalized spacial score (nSPS) is 21.2. The fourth-order valence-corrected chi connectivity index (χ4v) is 6.54. The molecule has 1 aromatic heterocycles. The molecule has 4 heterocycles. The van der Waals surface area contributed by atoms with E-state index in [1.807, 2.05) is 29.8 Å². The molecule has 2 saturated heterocycles. The highest BCUT2D eigenvalue weighted by Gasteiger charge is 2.43. The van der Waals surface area contributed by atoms with Crippen molar-refractivity contribution in [2.24, 2.45) is 5.92 Å². The maximum absolute atomic E-state index is 14.4. The number of likely N-dealkylation sites (N-methyl/N-ethyl adjacent to an activating group) is 1. The van der Waals surface area contributed by atoms with Crippen LogP contribution in [0.4, 0.5) is 18.9 Å². The van der Waals surface area contributed by atoms with Gasteiger partial charge in [0.15, 0.2) is 0 Å². The molecule has 8 nitrogen and oxygen atoms in total. The topological polar surface area (TPSA) is 66.7 Å². The molecule has 0 bridgehead atoms. The number of hydrogen-bond acceptors (Lipinski definition) is 6. The number of benzene rings is 2. The predicted molar refractivity (Wildman–Crippen MR) is 152 cm³/mol. The minimum absolute atomic E-state index is 0.0420. The van der Waals surface area contributed by atoms with Crippen molar-refractivity contribution < 1.29 is 22.7 Å². The third kappa shape index (κ3) is 5.22. The Balaban J connectivity index is 1.31. The second kappa shape index (κ2) is 10.8. The maximum Gasteiger partial charge on any atom is 0.416 e. The first-order chi connectivity index (χ1) is 19.9. The molecular weight excluding hydrogens is 545 g/mol. The number of anilines is 1. The molecule has 2 aromatic carbocycles. The Hall–Kier alpha value is -3.28. The first-order valence-electron chi connectivity index (χ1n) is 14.5. The standard InChI is InChI=1S/C31H37F3N6O2/c1-20(2)28-15-37(4)8-9-38(28)13-22-10-25-26(27(11-22)31(32,33)34)14-39(29(25)41)24-7-5-6-23(12-24)30(17-42-18-30)16-40-21(3)35-19-36-40/h5-7,10-12,19-20,28H,8-9,13-18H2,1-4H3/t28-/m1/s1. The van der Waals surface area contributed by atoms with E-state index in [9.17, 15) is 18.0 Å². The summed E-state index contributed by atoms with van der Waals surface area (Å²) in [4.78, 5) is 24.0. The average molecular weight is 583 g/mol. The summed E-state index contributed by atoms with van der Waals surface area (Å²) >= 11 is 0. The molecule has 11 heteroatoms. The third-order valence-electron chi connectivity index (χ3n) is 9.09. The van der Waals surface area contributed by atoms with Gasteiger partial charge in [0.25, 0.3) is 5.91 Å². The Morgan fingerprint density at radius 1 is 1.14 bits per heavy atom. The van der Waals surface area contributed by atoms with Gasteiger partial charge in [0.2, 0.25) is 0 Å². The number of aromatic nitrogens is 3. The monoisotopic (exact) mass is 582 g/mol. The Labute approximate surface area is 244 Å². The lowest BCUT2D eigenvalue weighted by Crippen LogP contribution is -2.53. The van der Waals surface area contributed by atoms with Crippen molar-refractivity contribution in [3.63, 3.8) is 0 Å². The highest BCUT2D eigenvalue weighted by atomic mass is 19.4. The van der Waals surface area contributed by atoms with Gasteiger partial charge in [0, 0.05) is 43.5 Å². The Bertz CT molecular complexity index is 1480. The molecule has 0 radical (unpaired) electrons. The molecule has 1 amide bonds. The average Bonchev–Trinajstić information content (AvgIpc) is 3.48. The molecule has 3 aliphatic heterocycles. The predicted octanol–water partition coefficient (Wildman–Crippen LogP) is 4.51. The molecule has 1 atom stereocenters. The van der Waals surface area contributed by atoms with E-state index in [0.29, 0.717) is 43.5 Å². The Morgan fingerprint density at radius 2 is 1.93 bits per heavy atom. The lowest BCUT2D eigenvalue weighted by Gasteiger charge is -2.42. The van der Waals surface area contributed by atoms with Crippen molar-refractivity contribution in [3.05, 3.63) is 76.4 Å². The largest absolute Gasteiger partial charge is 0.416 e. The van der Waals surface area contributed by atoms with Gasteiger partial charge in [0.05, 0.1) is 37.3 Å². The van der Waals surface area contributed by atoms with Gasteiger partial charge in [0.1, 0.15) is 12.2 Å². The number of amides is 1. The molecule has 2 fully saturated rings. The first kappa shape index (κ1) is 28.8. The van der Waals surface area contributed by atoms with Gasteiger partial charge in [-0.25, -0.2) is 9.67 Å². The molecule has 224 valence electrons. The maximum atomic E-state index is 14.4. The quantitative estimate of drug-likeness (QED) is 0.409. The van der Waals surface area contributed by atoms with Gasteiger partial charge >= 0.3 is 6.18 Å². The summed E-state index contributed by atoms with van der Waals surface area (Å²) < 4.78 is 50.7. The van der Waals surface area contributed by atoms with Crippen molar-refractivity contribution in [2.45, 2.75) is 58.0 Å². The van der Waals surface area contributed by atoms with E-state index in [-0.39, 0.29) is 29.1 Å². The van der Waals surface area contributed by atoms with Crippen LogP contribution in [0.2, 0.25) is 0 Å². The van der Waals surface area contributed by atoms with E-state index in [1.54, 1.807) is 12.1 Å². The summed E-state index contributed by atoms with van der Waals surface area (Å²) in [6.45, 7) is 10.4. The van der Waals surface area contributed by atoms with E-state index < -0.39 is 17.6 Å². The van der Waals surface area contributed by atoms with Crippen LogP contribution >= 0.6 is 0 Å². The van der Waals surface area contributed by atoms with Gasteiger partial charge < -0.3 is 14.5 Å². The molecule has 0 saturated carbocycles. The lowest BCUT2D eigenvalue weighted by molar-refractivity contribution is -0.138. The van der Waals surface area contributed by atoms with E-state index >= 15 is 0 Å². The molecule has 42 heavy (non-hydrogen) atoms. The molecule has 3 aliphatic rings. The summed E-state index contributed by atoms with van der Waals surface area (Å²) in [6.07, 6.45) is -3.06. The van der Waals surface area contributed by atoms with Crippen LogP contribution in [-0.4, -0.2) is 76.4 Å². The number of hydrogen-bond donors (Lipinski definition) is 0. The van der Waals surface area contributed by atoms with Crippen LogP contribution in [-0.2, 0) is 36.0 Å².